The lowest BCUT2D eigenvalue weighted by Crippen LogP contribution is -2.38. The van der Waals surface area contributed by atoms with Crippen LogP contribution in [0, 0.1) is 5.92 Å². The van der Waals surface area contributed by atoms with Gasteiger partial charge in [0.05, 0.1) is 7.11 Å². The van der Waals surface area contributed by atoms with E-state index in [4.69, 9.17) is 9.73 Å². The van der Waals surface area contributed by atoms with E-state index >= 15 is 0 Å². The number of para-hydroxylation sites is 1. The van der Waals surface area contributed by atoms with E-state index in [1.807, 2.05) is 18.2 Å². The average molecular weight is 318 g/mol. The first kappa shape index (κ1) is 17.6. The summed E-state index contributed by atoms with van der Waals surface area (Å²) in [6.45, 7) is 7.07. The fourth-order valence-corrected chi connectivity index (χ4v) is 2.96. The van der Waals surface area contributed by atoms with Crippen LogP contribution in [0.15, 0.2) is 29.3 Å². The molecule has 0 saturated carbocycles. The Morgan fingerprint density at radius 2 is 2.17 bits per heavy atom. The molecule has 5 heteroatoms. The molecule has 1 atom stereocenters. The van der Waals surface area contributed by atoms with E-state index in [0.717, 1.165) is 44.3 Å². The van der Waals surface area contributed by atoms with Gasteiger partial charge < -0.3 is 20.3 Å². The molecule has 2 N–H and O–H groups in total. The highest BCUT2D eigenvalue weighted by Crippen LogP contribution is 2.17. The molecule has 2 rings (SSSR count). The van der Waals surface area contributed by atoms with Gasteiger partial charge in [0, 0.05) is 26.2 Å². The lowest BCUT2D eigenvalue weighted by Gasteiger charge is -2.14. The van der Waals surface area contributed by atoms with Gasteiger partial charge in [0.2, 0.25) is 0 Å². The van der Waals surface area contributed by atoms with Crippen molar-refractivity contribution in [3.05, 3.63) is 29.8 Å². The maximum atomic E-state index is 5.40. The summed E-state index contributed by atoms with van der Waals surface area (Å²) in [6, 6.07) is 8.16. The van der Waals surface area contributed by atoms with Crippen LogP contribution >= 0.6 is 0 Å². The minimum Gasteiger partial charge on any atom is -0.496 e. The third kappa shape index (κ3) is 5.75. The van der Waals surface area contributed by atoms with Crippen LogP contribution in [0.3, 0.4) is 0 Å². The fraction of sp³-hybridized carbons (Fsp3) is 0.611. The minimum atomic E-state index is 0.685. The van der Waals surface area contributed by atoms with Crippen molar-refractivity contribution >= 4 is 5.96 Å². The first-order valence-electron chi connectivity index (χ1n) is 8.55. The Kier molecular flexibility index (Phi) is 7.20. The van der Waals surface area contributed by atoms with Gasteiger partial charge in [-0.1, -0.05) is 18.2 Å². The molecule has 1 unspecified atom stereocenters. The van der Waals surface area contributed by atoms with Crippen molar-refractivity contribution in [3.63, 3.8) is 0 Å². The summed E-state index contributed by atoms with van der Waals surface area (Å²) in [7, 11) is 3.90. The normalized spacial score (nSPS) is 18.9. The zero-order valence-corrected chi connectivity index (χ0v) is 14.6. The predicted octanol–water partition coefficient (Wildman–Crippen LogP) is 1.74. The van der Waals surface area contributed by atoms with E-state index in [2.05, 4.69) is 35.6 Å². The van der Waals surface area contributed by atoms with E-state index in [-0.39, 0.29) is 0 Å². The first-order chi connectivity index (χ1) is 11.2. The number of aliphatic imine (C=N–C) groups is 1. The van der Waals surface area contributed by atoms with Gasteiger partial charge >= 0.3 is 0 Å². The molecule has 23 heavy (non-hydrogen) atoms. The van der Waals surface area contributed by atoms with E-state index in [0.29, 0.717) is 5.92 Å². The molecule has 1 aliphatic heterocycles. The Bertz CT molecular complexity index is 504. The van der Waals surface area contributed by atoms with Crippen LogP contribution in [0.5, 0.6) is 5.75 Å². The van der Waals surface area contributed by atoms with Crippen molar-refractivity contribution in [2.75, 3.05) is 46.9 Å². The van der Waals surface area contributed by atoms with Crippen LogP contribution in [0.4, 0.5) is 0 Å². The van der Waals surface area contributed by atoms with Crippen molar-refractivity contribution in [1.82, 2.24) is 15.5 Å². The topological polar surface area (TPSA) is 48.9 Å². The molecule has 0 spiro atoms. The standard InChI is InChI=1S/C18H30N4O/c1-4-19-18(21-13-15-10-12-22(2)14-15)20-11-9-16-7-5-6-8-17(16)23-3/h5-8,15H,4,9-14H2,1-3H3,(H2,19,20,21). The number of ether oxygens (including phenoxy) is 1. The zero-order valence-electron chi connectivity index (χ0n) is 14.6. The summed E-state index contributed by atoms with van der Waals surface area (Å²) in [5, 5.41) is 6.75. The summed E-state index contributed by atoms with van der Waals surface area (Å²) in [5.41, 5.74) is 1.22. The first-order valence-corrected chi connectivity index (χ1v) is 8.55. The van der Waals surface area contributed by atoms with Crippen molar-refractivity contribution in [1.29, 1.82) is 0 Å². The van der Waals surface area contributed by atoms with E-state index in [9.17, 15) is 0 Å². The predicted molar refractivity (Wildman–Crippen MR) is 96.3 cm³/mol. The van der Waals surface area contributed by atoms with Crippen LogP contribution in [0.2, 0.25) is 0 Å². The Labute approximate surface area is 140 Å². The Balaban J connectivity index is 1.82. The van der Waals surface area contributed by atoms with Gasteiger partial charge in [-0.2, -0.15) is 0 Å². The Morgan fingerprint density at radius 1 is 1.35 bits per heavy atom. The fourth-order valence-electron chi connectivity index (χ4n) is 2.96. The van der Waals surface area contributed by atoms with Gasteiger partial charge in [0.15, 0.2) is 5.96 Å². The number of likely N-dealkylation sites (tertiary alicyclic amines) is 1. The van der Waals surface area contributed by atoms with E-state index in [1.54, 1.807) is 7.11 Å². The summed E-state index contributed by atoms with van der Waals surface area (Å²) < 4.78 is 5.40. The van der Waals surface area contributed by atoms with Gasteiger partial charge in [-0.3, -0.25) is 4.99 Å². The van der Waals surface area contributed by atoms with Gasteiger partial charge in [-0.05, 0) is 50.9 Å². The SMILES string of the molecule is CCNC(=NCC1CCN(C)C1)NCCc1ccccc1OC. The number of benzene rings is 1. The molecule has 0 bridgehead atoms. The third-order valence-electron chi connectivity index (χ3n) is 4.22. The molecule has 128 valence electrons. The average Bonchev–Trinajstić information content (AvgIpc) is 2.98. The van der Waals surface area contributed by atoms with Crippen LogP contribution in [0.25, 0.3) is 0 Å². The van der Waals surface area contributed by atoms with Crippen LogP contribution in [-0.4, -0.2) is 57.7 Å². The highest BCUT2D eigenvalue weighted by molar-refractivity contribution is 5.79. The smallest absolute Gasteiger partial charge is 0.191 e. The summed E-state index contributed by atoms with van der Waals surface area (Å²) in [5.74, 6) is 2.55. The van der Waals surface area contributed by atoms with Crippen LogP contribution < -0.4 is 15.4 Å². The second kappa shape index (κ2) is 9.40. The number of methoxy groups -OCH3 is 1. The highest BCUT2D eigenvalue weighted by Gasteiger charge is 2.18. The highest BCUT2D eigenvalue weighted by atomic mass is 16.5. The number of hydrogen-bond donors (Lipinski definition) is 2. The van der Waals surface area contributed by atoms with Crippen LogP contribution in [-0.2, 0) is 6.42 Å². The van der Waals surface area contributed by atoms with E-state index in [1.165, 1.54) is 18.5 Å². The molecular weight excluding hydrogens is 288 g/mol. The zero-order chi connectivity index (χ0) is 16.5. The second-order valence-corrected chi connectivity index (χ2v) is 6.13. The molecule has 1 fully saturated rings. The van der Waals surface area contributed by atoms with Crippen molar-refractivity contribution < 1.29 is 4.74 Å². The van der Waals surface area contributed by atoms with Gasteiger partial charge in [0.25, 0.3) is 0 Å². The summed E-state index contributed by atoms with van der Waals surface area (Å²) in [4.78, 5) is 7.12. The molecule has 0 aliphatic carbocycles. The molecule has 1 aromatic rings. The lowest BCUT2D eigenvalue weighted by molar-refractivity contribution is 0.397. The Morgan fingerprint density at radius 3 is 2.87 bits per heavy atom. The van der Waals surface area contributed by atoms with Gasteiger partial charge in [-0.15, -0.1) is 0 Å². The Hall–Kier alpha value is -1.75. The van der Waals surface area contributed by atoms with Crippen molar-refractivity contribution in [2.24, 2.45) is 10.9 Å². The second-order valence-electron chi connectivity index (χ2n) is 6.13. The van der Waals surface area contributed by atoms with Crippen molar-refractivity contribution in [3.8, 4) is 5.75 Å². The number of nitrogens with one attached hydrogen (secondary N) is 2. The number of rotatable bonds is 7. The summed E-state index contributed by atoms with van der Waals surface area (Å²) in [6.07, 6.45) is 2.17. The molecule has 0 radical (unpaired) electrons. The molecule has 1 aromatic carbocycles. The molecule has 1 aliphatic rings. The van der Waals surface area contributed by atoms with Crippen LogP contribution in [0.1, 0.15) is 18.9 Å². The maximum Gasteiger partial charge on any atom is 0.191 e. The quantitative estimate of drug-likeness (QED) is 0.594. The number of hydrogen-bond acceptors (Lipinski definition) is 3. The monoisotopic (exact) mass is 318 g/mol. The van der Waals surface area contributed by atoms with E-state index < -0.39 is 0 Å². The van der Waals surface area contributed by atoms with Crippen molar-refractivity contribution in [2.45, 2.75) is 19.8 Å². The molecule has 5 nitrogen and oxygen atoms in total. The molecule has 1 saturated heterocycles. The molecule has 0 amide bonds. The van der Waals surface area contributed by atoms with Gasteiger partial charge in [0.1, 0.15) is 5.75 Å². The minimum absolute atomic E-state index is 0.685. The maximum absolute atomic E-state index is 5.40. The third-order valence-corrected chi connectivity index (χ3v) is 4.22. The number of nitrogens with zero attached hydrogens (tertiary/aromatic N) is 2. The lowest BCUT2D eigenvalue weighted by atomic mass is 10.1. The largest absolute Gasteiger partial charge is 0.496 e. The summed E-state index contributed by atoms with van der Waals surface area (Å²) >= 11 is 0. The molecular formula is C18H30N4O. The molecule has 0 aromatic heterocycles. The number of guanidine groups is 1. The van der Waals surface area contributed by atoms with Gasteiger partial charge in [-0.25, -0.2) is 0 Å². The molecule has 1 heterocycles.